The maximum absolute atomic E-state index is 11.5. The van der Waals surface area contributed by atoms with Gasteiger partial charge in [-0.25, -0.2) is 4.79 Å². The number of phenols is 1. The van der Waals surface area contributed by atoms with Gasteiger partial charge in [-0.05, 0) is 43.7 Å². The molecule has 0 saturated carbocycles. The standard InChI is InChI=1S/C17H15NO3/c1-10-3-5-12(6-4-10)18-14-8-7-13-11(2)9-15(19)21-17(13)16(14)20/h3-9,18,20H,1-2H3. The molecule has 4 nitrogen and oxygen atoms in total. The Morgan fingerprint density at radius 1 is 1.05 bits per heavy atom. The van der Waals surface area contributed by atoms with Crippen LogP contribution in [0.15, 0.2) is 51.7 Å². The van der Waals surface area contributed by atoms with Crippen LogP contribution >= 0.6 is 0 Å². The van der Waals surface area contributed by atoms with Gasteiger partial charge in [-0.3, -0.25) is 0 Å². The van der Waals surface area contributed by atoms with Crippen molar-refractivity contribution in [3.8, 4) is 5.75 Å². The molecule has 3 rings (SSSR count). The molecule has 3 aromatic rings. The van der Waals surface area contributed by atoms with Crippen molar-refractivity contribution in [2.45, 2.75) is 13.8 Å². The van der Waals surface area contributed by atoms with Crippen molar-refractivity contribution < 1.29 is 9.52 Å². The molecule has 4 heteroatoms. The van der Waals surface area contributed by atoms with E-state index in [9.17, 15) is 9.90 Å². The minimum Gasteiger partial charge on any atom is -0.503 e. The number of aryl methyl sites for hydroxylation is 2. The van der Waals surface area contributed by atoms with Crippen molar-refractivity contribution >= 4 is 22.3 Å². The Balaban J connectivity index is 2.09. The largest absolute Gasteiger partial charge is 0.503 e. The fraction of sp³-hybridized carbons (Fsp3) is 0.118. The average molecular weight is 281 g/mol. The van der Waals surface area contributed by atoms with Crippen LogP contribution in [0, 0.1) is 13.8 Å². The van der Waals surface area contributed by atoms with Crippen molar-refractivity contribution in [3.05, 3.63) is 64.0 Å². The third-order valence-electron chi connectivity index (χ3n) is 3.42. The van der Waals surface area contributed by atoms with Gasteiger partial charge in [0.2, 0.25) is 0 Å². The molecule has 1 aromatic heterocycles. The normalized spacial score (nSPS) is 10.8. The molecule has 21 heavy (non-hydrogen) atoms. The molecule has 0 aliphatic heterocycles. The van der Waals surface area contributed by atoms with Gasteiger partial charge < -0.3 is 14.8 Å². The van der Waals surface area contributed by atoms with E-state index in [2.05, 4.69) is 5.32 Å². The summed E-state index contributed by atoms with van der Waals surface area (Å²) in [6.45, 7) is 3.82. The Kier molecular flexibility index (Phi) is 3.14. The van der Waals surface area contributed by atoms with E-state index >= 15 is 0 Å². The van der Waals surface area contributed by atoms with Gasteiger partial charge in [0.15, 0.2) is 11.3 Å². The van der Waals surface area contributed by atoms with Gasteiger partial charge in [0.1, 0.15) is 0 Å². The first kappa shape index (κ1) is 13.2. The summed E-state index contributed by atoms with van der Waals surface area (Å²) in [5.41, 5.74) is 3.02. The molecule has 0 atom stereocenters. The van der Waals surface area contributed by atoms with Gasteiger partial charge in [0.25, 0.3) is 0 Å². The summed E-state index contributed by atoms with van der Waals surface area (Å²) >= 11 is 0. The number of hydrogen-bond donors (Lipinski definition) is 2. The summed E-state index contributed by atoms with van der Waals surface area (Å²) < 4.78 is 5.13. The molecule has 106 valence electrons. The smallest absolute Gasteiger partial charge is 0.336 e. The molecule has 1 heterocycles. The topological polar surface area (TPSA) is 62.5 Å². The molecule has 0 aliphatic rings. The summed E-state index contributed by atoms with van der Waals surface area (Å²) in [4.78, 5) is 11.5. The number of anilines is 2. The summed E-state index contributed by atoms with van der Waals surface area (Å²) in [5, 5.41) is 14.2. The second kappa shape index (κ2) is 4.98. The summed E-state index contributed by atoms with van der Waals surface area (Å²) in [7, 11) is 0. The van der Waals surface area contributed by atoms with E-state index < -0.39 is 5.63 Å². The molecule has 0 amide bonds. The molecular formula is C17H15NO3. The van der Waals surface area contributed by atoms with E-state index in [0.717, 1.165) is 22.2 Å². The van der Waals surface area contributed by atoms with E-state index in [1.807, 2.05) is 44.2 Å². The number of rotatable bonds is 2. The fourth-order valence-electron chi connectivity index (χ4n) is 2.26. The monoisotopic (exact) mass is 281 g/mol. The first-order chi connectivity index (χ1) is 10.0. The molecule has 0 radical (unpaired) electrons. The van der Waals surface area contributed by atoms with E-state index in [-0.39, 0.29) is 11.3 Å². The van der Waals surface area contributed by atoms with Gasteiger partial charge in [-0.2, -0.15) is 0 Å². The van der Waals surface area contributed by atoms with Crippen LogP contribution in [0.4, 0.5) is 11.4 Å². The fourth-order valence-corrected chi connectivity index (χ4v) is 2.26. The SMILES string of the molecule is Cc1ccc(Nc2ccc3c(C)cc(=O)oc3c2O)cc1. The molecule has 0 aliphatic carbocycles. The summed E-state index contributed by atoms with van der Waals surface area (Å²) in [5.74, 6) is -0.0612. The van der Waals surface area contributed by atoms with Gasteiger partial charge in [-0.1, -0.05) is 17.7 Å². The Bertz CT molecular complexity index is 864. The highest BCUT2D eigenvalue weighted by atomic mass is 16.4. The molecule has 0 spiro atoms. The third-order valence-corrected chi connectivity index (χ3v) is 3.42. The zero-order chi connectivity index (χ0) is 15.0. The first-order valence-electron chi connectivity index (χ1n) is 6.65. The van der Waals surface area contributed by atoms with Gasteiger partial charge in [-0.15, -0.1) is 0 Å². The molecule has 0 unspecified atom stereocenters. The van der Waals surface area contributed by atoms with Crippen LogP contribution in [0.2, 0.25) is 0 Å². The second-order valence-electron chi connectivity index (χ2n) is 5.08. The van der Waals surface area contributed by atoms with E-state index in [0.29, 0.717) is 5.69 Å². The summed E-state index contributed by atoms with van der Waals surface area (Å²) in [6, 6.07) is 12.8. The lowest BCUT2D eigenvalue weighted by Gasteiger charge is -2.10. The zero-order valence-corrected chi connectivity index (χ0v) is 11.8. The molecule has 0 fully saturated rings. The molecule has 2 aromatic carbocycles. The van der Waals surface area contributed by atoms with Crippen molar-refractivity contribution in [1.29, 1.82) is 0 Å². The van der Waals surface area contributed by atoms with Crippen LogP contribution in [0.25, 0.3) is 11.0 Å². The van der Waals surface area contributed by atoms with Crippen molar-refractivity contribution in [2.24, 2.45) is 0 Å². The van der Waals surface area contributed by atoms with Gasteiger partial charge >= 0.3 is 5.63 Å². The number of hydrogen-bond acceptors (Lipinski definition) is 4. The van der Waals surface area contributed by atoms with E-state index in [4.69, 9.17) is 4.42 Å². The number of aromatic hydroxyl groups is 1. The van der Waals surface area contributed by atoms with Crippen LogP contribution in [0.3, 0.4) is 0 Å². The average Bonchev–Trinajstić information content (AvgIpc) is 2.45. The maximum Gasteiger partial charge on any atom is 0.336 e. The lowest BCUT2D eigenvalue weighted by Crippen LogP contribution is -1.99. The molecule has 2 N–H and O–H groups in total. The van der Waals surface area contributed by atoms with Crippen molar-refractivity contribution in [3.63, 3.8) is 0 Å². The van der Waals surface area contributed by atoms with Crippen LogP contribution < -0.4 is 10.9 Å². The van der Waals surface area contributed by atoms with E-state index in [1.54, 1.807) is 6.07 Å². The molecule has 0 bridgehead atoms. The number of benzene rings is 2. The van der Waals surface area contributed by atoms with Crippen molar-refractivity contribution in [1.82, 2.24) is 0 Å². The van der Waals surface area contributed by atoms with Crippen LogP contribution in [0.1, 0.15) is 11.1 Å². The Morgan fingerprint density at radius 2 is 1.76 bits per heavy atom. The van der Waals surface area contributed by atoms with E-state index in [1.165, 1.54) is 6.07 Å². The highest BCUT2D eigenvalue weighted by Gasteiger charge is 2.11. The highest BCUT2D eigenvalue weighted by Crippen LogP contribution is 2.34. The van der Waals surface area contributed by atoms with Crippen LogP contribution in [-0.2, 0) is 0 Å². The first-order valence-corrected chi connectivity index (χ1v) is 6.65. The Morgan fingerprint density at radius 3 is 2.48 bits per heavy atom. The summed E-state index contributed by atoms with van der Waals surface area (Å²) in [6.07, 6.45) is 0. The second-order valence-corrected chi connectivity index (χ2v) is 5.08. The Hall–Kier alpha value is -2.75. The molecule has 0 saturated heterocycles. The lowest BCUT2D eigenvalue weighted by atomic mass is 10.1. The maximum atomic E-state index is 11.5. The van der Waals surface area contributed by atoms with Crippen LogP contribution in [0.5, 0.6) is 5.75 Å². The number of phenolic OH excluding ortho intramolecular Hbond substituents is 1. The Labute approximate surface area is 121 Å². The van der Waals surface area contributed by atoms with Gasteiger partial charge in [0.05, 0.1) is 5.69 Å². The van der Waals surface area contributed by atoms with Gasteiger partial charge in [0, 0.05) is 17.1 Å². The minimum atomic E-state index is -0.470. The number of nitrogens with one attached hydrogen (secondary N) is 1. The number of fused-ring (bicyclic) bond motifs is 1. The third kappa shape index (κ3) is 2.48. The highest BCUT2D eigenvalue weighted by molar-refractivity contribution is 5.91. The predicted octanol–water partition coefficient (Wildman–Crippen LogP) is 3.86. The van der Waals surface area contributed by atoms with Crippen molar-refractivity contribution in [2.75, 3.05) is 5.32 Å². The van der Waals surface area contributed by atoms with Crippen LogP contribution in [-0.4, -0.2) is 5.11 Å². The minimum absolute atomic E-state index is 0.0612. The predicted molar refractivity (Wildman–Crippen MR) is 83.3 cm³/mol. The molecular weight excluding hydrogens is 266 g/mol. The lowest BCUT2D eigenvalue weighted by molar-refractivity contribution is 0.459. The zero-order valence-electron chi connectivity index (χ0n) is 11.8. The quantitative estimate of drug-likeness (QED) is 0.553.